The third-order valence-electron chi connectivity index (χ3n) is 4.85. The number of fused-ring (bicyclic) bond motifs is 1. The lowest BCUT2D eigenvalue weighted by molar-refractivity contribution is -0.152. The topological polar surface area (TPSA) is 113 Å². The van der Waals surface area contributed by atoms with Crippen LogP contribution in [0, 0.1) is 5.41 Å². The van der Waals surface area contributed by atoms with Gasteiger partial charge in [0.05, 0.1) is 23.1 Å². The summed E-state index contributed by atoms with van der Waals surface area (Å²) in [6, 6.07) is 14.3. The summed E-state index contributed by atoms with van der Waals surface area (Å²) in [5.74, 6) is -0.363. The van der Waals surface area contributed by atoms with Gasteiger partial charge in [-0.15, -0.1) is 0 Å². The predicted molar refractivity (Wildman–Crippen MR) is 119 cm³/mol. The number of carbonyl (C=O) groups excluding carboxylic acids is 2. The normalized spacial score (nSPS) is 11.2. The van der Waals surface area contributed by atoms with Gasteiger partial charge in [0.25, 0.3) is 5.56 Å². The largest absolute Gasteiger partial charge is 0.466 e. The molecule has 0 atom stereocenters. The minimum atomic E-state index is -0.827. The Morgan fingerprint density at radius 1 is 1.10 bits per heavy atom. The molecule has 31 heavy (non-hydrogen) atoms. The van der Waals surface area contributed by atoms with Gasteiger partial charge in [0, 0.05) is 24.0 Å². The molecule has 0 fully saturated rings. The summed E-state index contributed by atoms with van der Waals surface area (Å²) < 4.78 is 5.03. The van der Waals surface area contributed by atoms with E-state index in [0.717, 1.165) is 16.6 Å². The Kier molecular flexibility index (Phi) is 6.69. The van der Waals surface area contributed by atoms with Gasteiger partial charge in [-0.1, -0.05) is 30.3 Å². The van der Waals surface area contributed by atoms with Crippen LogP contribution in [0.15, 0.2) is 53.3 Å². The molecule has 162 valence electrons. The summed E-state index contributed by atoms with van der Waals surface area (Å²) in [7, 11) is 0. The number of H-pyrrole nitrogens is 1. The zero-order valence-electron chi connectivity index (χ0n) is 17.8. The third kappa shape index (κ3) is 5.48. The van der Waals surface area contributed by atoms with Crippen molar-refractivity contribution in [3.63, 3.8) is 0 Å². The van der Waals surface area contributed by atoms with Gasteiger partial charge >= 0.3 is 12.0 Å². The first-order chi connectivity index (χ1) is 14.8. The maximum absolute atomic E-state index is 12.3. The van der Waals surface area contributed by atoms with E-state index < -0.39 is 11.4 Å². The summed E-state index contributed by atoms with van der Waals surface area (Å²) in [6.07, 6.45) is 0.490. The van der Waals surface area contributed by atoms with Crippen molar-refractivity contribution in [2.45, 2.75) is 27.2 Å². The molecule has 0 aliphatic carbocycles. The number of urea groups is 1. The Hall–Kier alpha value is -3.68. The quantitative estimate of drug-likeness (QED) is 0.506. The van der Waals surface area contributed by atoms with E-state index in [9.17, 15) is 14.4 Å². The molecule has 8 nitrogen and oxygen atoms in total. The van der Waals surface area contributed by atoms with Crippen molar-refractivity contribution in [2.24, 2.45) is 5.41 Å². The van der Waals surface area contributed by atoms with Crippen molar-refractivity contribution in [1.82, 2.24) is 15.5 Å². The van der Waals surface area contributed by atoms with Crippen LogP contribution in [0.1, 0.15) is 32.0 Å². The molecule has 8 heteroatoms. The lowest BCUT2D eigenvalue weighted by Gasteiger charge is -2.22. The van der Waals surface area contributed by atoms with E-state index in [-0.39, 0.29) is 18.1 Å². The Labute approximate surface area is 180 Å². The van der Waals surface area contributed by atoms with Crippen LogP contribution in [0.5, 0.6) is 0 Å². The molecule has 2 aromatic carbocycles. The first-order valence-corrected chi connectivity index (χ1v) is 10.1. The smallest absolute Gasteiger partial charge is 0.319 e. The molecule has 0 unspecified atom stereocenters. The number of aromatic amines is 1. The molecule has 3 rings (SSSR count). The molecule has 0 bridgehead atoms. The van der Waals surface area contributed by atoms with Gasteiger partial charge in [0.1, 0.15) is 0 Å². The van der Waals surface area contributed by atoms with Crippen LogP contribution in [-0.2, 0) is 16.0 Å². The molecule has 3 N–H and O–H groups in total. The number of benzene rings is 2. The molecule has 0 saturated heterocycles. The average molecular weight is 422 g/mol. The summed E-state index contributed by atoms with van der Waals surface area (Å²) in [4.78, 5) is 36.2. The van der Waals surface area contributed by atoms with Crippen molar-refractivity contribution >= 4 is 28.5 Å². The fraction of sp³-hybridized carbons (Fsp3) is 0.304. The monoisotopic (exact) mass is 422 g/mol. The first-order valence-electron chi connectivity index (χ1n) is 10.1. The van der Waals surface area contributed by atoms with Crippen molar-refractivity contribution in [3.05, 3.63) is 70.1 Å². The van der Waals surface area contributed by atoms with E-state index in [0.29, 0.717) is 24.1 Å². The lowest BCUT2D eigenvalue weighted by Crippen LogP contribution is -2.41. The van der Waals surface area contributed by atoms with E-state index in [1.165, 1.54) is 0 Å². The molecular weight excluding hydrogens is 396 g/mol. The summed E-state index contributed by atoms with van der Waals surface area (Å²) in [6.45, 7) is 5.61. The van der Waals surface area contributed by atoms with Crippen LogP contribution >= 0.6 is 0 Å². The van der Waals surface area contributed by atoms with Gasteiger partial charge in [-0.2, -0.15) is 5.10 Å². The highest BCUT2D eigenvalue weighted by molar-refractivity contribution is 5.90. The number of anilines is 1. The Morgan fingerprint density at radius 3 is 2.58 bits per heavy atom. The molecule has 0 saturated carbocycles. The standard InChI is InChI=1S/C23H26N4O4/c1-4-31-21(29)23(2,3)14-24-22(30)25-16-9-7-8-15(12-16)13-19-17-10-5-6-11-18(17)20(28)27-26-19/h5-12H,4,13-14H2,1-3H3,(H,27,28)(H2,24,25,30). The van der Waals surface area contributed by atoms with Gasteiger partial charge in [0.2, 0.25) is 0 Å². The van der Waals surface area contributed by atoms with E-state index in [1.54, 1.807) is 32.9 Å². The van der Waals surface area contributed by atoms with Crippen LogP contribution in [0.3, 0.4) is 0 Å². The Morgan fingerprint density at radius 2 is 1.84 bits per heavy atom. The van der Waals surface area contributed by atoms with Gasteiger partial charge < -0.3 is 15.4 Å². The minimum Gasteiger partial charge on any atom is -0.466 e. The maximum atomic E-state index is 12.3. The van der Waals surface area contributed by atoms with Gasteiger partial charge in [-0.3, -0.25) is 9.59 Å². The molecule has 3 aromatic rings. The summed E-state index contributed by atoms with van der Waals surface area (Å²) in [5.41, 5.74) is 1.23. The predicted octanol–water partition coefficient (Wildman–Crippen LogP) is 3.22. The molecule has 0 spiro atoms. The molecule has 1 heterocycles. The molecule has 2 amide bonds. The van der Waals surface area contributed by atoms with Gasteiger partial charge in [-0.05, 0) is 44.5 Å². The number of nitrogens with one attached hydrogen (secondary N) is 3. The number of amides is 2. The highest BCUT2D eigenvalue weighted by Gasteiger charge is 2.29. The van der Waals surface area contributed by atoms with Crippen molar-refractivity contribution in [3.8, 4) is 0 Å². The number of rotatable bonds is 7. The number of hydrogen-bond donors (Lipinski definition) is 3. The van der Waals surface area contributed by atoms with E-state index in [1.807, 2.05) is 36.4 Å². The molecule has 0 aliphatic rings. The number of hydrogen-bond acceptors (Lipinski definition) is 5. The van der Waals surface area contributed by atoms with Crippen LogP contribution in [0.4, 0.5) is 10.5 Å². The van der Waals surface area contributed by atoms with Crippen molar-refractivity contribution < 1.29 is 14.3 Å². The van der Waals surface area contributed by atoms with Crippen LogP contribution < -0.4 is 16.2 Å². The molecule has 0 radical (unpaired) electrons. The lowest BCUT2D eigenvalue weighted by atomic mass is 9.94. The van der Waals surface area contributed by atoms with Crippen LogP contribution in [-0.4, -0.2) is 35.3 Å². The summed E-state index contributed by atoms with van der Waals surface area (Å²) in [5, 5.41) is 13.6. The summed E-state index contributed by atoms with van der Waals surface area (Å²) >= 11 is 0. The minimum absolute atomic E-state index is 0.143. The second kappa shape index (κ2) is 9.42. The number of ether oxygens (including phenoxy) is 1. The van der Waals surface area contributed by atoms with Gasteiger partial charge in [-0.25, -0.2) is 9.89 Å². The average Bonchev–Trinajstić information content (AvgIpc) is 2.75. The third-order valence-corrected chi connectivity index (χ3v) is 4.85. The number of carbonyl (C=O) groups is 2. The highest BCUT2D eigenvalue weighted by Crippen LogP contribution is 2.19. The Balaban J connectivity index is 1.67. The zero-order valence-corrected chi connectivity index (χ0v) is 17.8. The van der Waals surface area contributed by atoms with Crippen LogP contribution in [0.25, 0.3) is 10.8 Å². The SMILES string of the molecule is CCOC(=O)C(C)(C)CNC(=O)Nc1cccc(Cc2n[nH]c(=O)c3ccccc23)c1. The first kappa shape index (κ1) is 22.0. The maximum Gasteiger partial charge on any atom is 0.319 e. The number of aromatic nitrogens is 2. The zero-order chi connectivity index (χ0) is 22.4. The van der Waals surface area contributed by atoms with E-state index >= 15 is 0 Å². The molecule has 1 aromatic heterocycles. The van der Waals surface area contributed by atoms with E-state index in [4.69, 9.17) is 4.74 Å². The molecular formula is C23H26N4O4. The highest BCUT2D eigenvalue weighted by atomic mass is 16.5. The second-order valence-electron chi connectivity index (χ2n) is 7.83. The van der Waals surface area contributed by atoms with Crippen LogP contribution in [0.2, 0.25) is 0 Å². The molecule has 0 aliphatic heterocycles. The number of esters is 1. The van der Waals surface area contributed by atoms with Gasteiger partial charge in [0.15, 0.2) is 0 Å². The second-order valence-corrected chi connectivity index (χ2v) is 7.83. The Bertz CT molecular complexity index is 1150. The number of nitrogens with zero attached hydrogens (tertiary/aromatic N) is 1. The fourth-order valence-electron chi connectivity index (χ4n) is 3.13. The fourth-order valence-corrected chi connectivity index (χ4v) is 3.13. The van der Waals surface area contributed by atoms with Crippen molar-refractivity contribution in [2.75, 3.05) is 18.5 Å². The van der Waals surface area contributed by atoms with E-state index in [2.05, 4.69) is 20.8 Å². The van der Waals surface area contributed by atoms with Crippen molar-refractivity contribution in [1.29, 1.82) is 0 Å².